The quantitative estimate of drug-likeness (QED) is 0.819. The number of hydrogen-bond donors (Lipinski definition) is 2. The molecule has 1 amide bonds. The largest absolute Gasteiger partial charge is 0.480 e. The van der Waals surface area contributed by atoms with Gasteiger partial charge in [0.15, 0.2) is 0 Å². The van der Waals surface area contributed by atoms with Crippen LogP contribution in [-0.2, 0) is 11.8 Å². The first-order valence-corrected chi connectivity index (χ1v) is 5.81. The number of carboxylic acid groups (broad SMARTS) is 1. The van der Waals surface area contributed by atoms with Gasteiger partial charge in [0.1, 0.15) is 23.5 Å². The molecule has 0 aromatic carbocycles. The summed E-state index contributed by atoms with van der Waals surface area (Å²) in [4.78, 5) is 38.8. The third-order valence-corrected chi connectivity index (χ3v) is 2.89. The van der Waals surface area contributed by atoms with E-state index in [4.69, 9.17) is 9.52 Å². The van der Waals surface area contributed by atoms with E-state index in [1.165, 1.54) is 31.8 Å². The van der Waals surface area contributed by atoms with Gasteiger partial charge in [-0.2, -0.15) is 0 Å². The topological polar surface area (TPSA) is 114 Å². The molecular formula is C12H13N3O5. The second kappa shape index (κ2) is 4.80. The number of amides is 1. The molecule has 8 nitrogen and oxygen atoms in total. The second-order valence-corrected chi connectivity index (χ2v) is 4.41. The molecule has 0 bridgehead atoms. The van der Waals surface area contributed by atoms with Gasteiger partial charge in [0.05, 0.1) is 5.56 Å². The van der Waals surface area contributed by atoms with Crippen molar-refractivity contribution in [2.75, 3.05) is 0 Å². The van der Waals surface area contributed by atoms with Gasteiger partial charge in [-0.1, -0.05) is 0 Å². The van der Waals surface area contributed by atoms with Crippen molar-refractivity contribution in [2.24, 2.45) is 7.05 Å². The minimum absolute atomic E-state index is 0.0156. The molecular weight excluding hydrogens is 266 g/mol. The molecule has 0 radical (unpaired) electrons. The molecule has 1 atom stereocenters. The summed E-state index contributed by atoms with van der Waals surface area (Å²) in [5.74, 6) is -1.64. The Balaban J connectivity index is 2.57. The maximum atomic E-state index is 12.1. The smallest absolute Gasteiger partial charge is 0.325 e. The number of aliphatic carboxylic acids is 1. The number of carboxylic acids is 1. The van der Waals surface area contributed by atoms with E-state index < -0.39 is 23.5 Å². The van der Waals surface area contributed by atoms with E-state index in [0.717, 1.165) is 0 Å². The van der Waals surface area contributed by atoms with Crippen LogP contribution in [-0.4, -0.2) is 32.6 Å². The molecule has 20 heavy (non-hydrogen) atoms. The standard InChI is InChI=1S/C12H13N3O5/c1-5(12(18)19)14-9(16)7-6(2)20-10-8(7)11(17)15(3)4-13-10/h4-5H,1-3H3,(H,14,16)(H,18,19)/t5-/m1/s1. The minimum atomic E-state index is -1.17. The van der Waals surface area contributed by atoms with Crippen molar-refractivity contribution in [3.63, 3.8) is 0 Å². The average molecular weight is 279 g/mol. The molecule has 2 aromatic heterocycles. The number of fused-ring (bicyclic) bond motifs is 1. The van der Waals surface area contributed by atoms with Crippen LogP contribution in [0.25, 0.3) is 11.1 Å². The molecule has 106 valence electrons. The van der Waals surface area contributed by atoms with Crippen LogP contribution in [0.1, 0.15) is 23.0 Å². The van der Waals surface area contributed by atoms with Gasteiger partial charge in [0, 0.05) is 7.05 Å². The van der Waals surface area contributed by atoms with Gasteiger partial charge in [-0.3, -0.25) is 14.4 Å². The van der Waals surface area contributed by atoms with E-state index in [0.29, 0.717) is 0 Å². The van der Waals surface area contributed by atoms with Crippen LogP contribution < -0.4 is 10.9 Å². The Hall–Kier alpha value is -2.64. The highest BCUT2D eigenvalue weighted by atomic mass is 16.4. The maximum absolute atomic E-state index is 12.1. The van der Waals surface area contributed by atoms with Crippen molar-refractivity contribution in [1.29, 1.82) is 0 Å². The second-order valence-electron chi connectivity index (χ2n) is 4.41. The molecule has 2 aromatic rings. The van der Waals surface area contributed by atoms with E-state index in [1.54, 1.807) is 0 Å². The molecule has 0 aliphatic rings. The number of nitrogens with one attached hydrogen (secondary N) is 1. The lowest BCUT2D eigenvalue weighted by Crippen LogP contribution is -2.38. The Kier molecular flexibility index (Phi) is 3.31. The fourth-order valence-corrected chi connectivity index (χ4v) is 1.79. The SMILES string of the molecule is Cc1oc2ncn(C)c(=O)c2c1C(=O)N[C@H](C)C(=O)O. The highest BCUT2D eigenvalue weighted by molar-refractivity contribution is 6.07. The summed E-state index contributed by atoms with van der Waals surface area (Å²) >= 11 is 0. The molecule has 2 rings (SSSR count). The summed E-state index contributed by atoms with van der Waals surface area (Å²) in [6, 6.07) is -1.08. The van der Waals surface area contributed by atoms with Gasteiger partial charge in [-0.25, -0.2) is 4.98 Å². The predicted molar refractivity (Wildman–Crippen MR) is 68.6 cm³/mol. The lowest BCUT2D eigenvalue weighted by atomic mass is 10.1. The number of carbonyl (C=O) groups excluding carboxylic acids is 1. The maximum Gasteiger partial charge on any atom is 0.325 e. The number of aryl methyl sites for hydroxylation is 2. The first-order chi connectivity index (χ1) is 9.32. The van der Waals surface area contributed by atoms with Gasteiger partial charge in [0.2, 0.25) is 5.71 Å². The van der Waals surface area contributed by atoms with Crippen molar-refractivity contribution < 1.29 is 19.1 Å². The normalized spacial score (nSPS) is 12.3. The highest BCUT2D eigenvalue weighted by Gasteiger charge is 2.24. The average Bonchev–Trinajstić information content (AvgIpc) is 2.71. The van der Waals surface area contributed by atoms with Crippen molar-refractivity contribution >= 4 is 23.0 Å². The zero-order valence-corrected chi connectivity index (χ0v) is 11.1. The number of aromatic nitrogens is 2. The van der Waals surface area contributed by atoms with Gasteiger partial charge < -0.3 is 19.4 Å². The lowest BCUT2D eigenvalue weighted by molar-refractivity contribution is -0.138. The summed E-state index contributed by atoms with van der Waals surface area (Å²) in [7, 11) is 1.50. The third kappa shape index (κ3) is 2.15. The van der Waals surface area contributed by atoms with E-state index in [9.17, 15) is 14.4 Å². The summed E-state index contributed by atoms with van der Waals surface area (Å²) in [6.07, 6.45) is 1.29. The van der Waals surface area contributed by atoms with Gasteiger partial charge in [-0.05, 0) is 13.8 Å². The van der Waals surface area contributed by atoms with Gasteiger partial charge in [-0.15, -0.1) is 0 Å². The van der Waals surface area contributed by atoms with Gasteiger partial charge in [0.25, 0.3) is 11.5 Å². The summed E-state index contributed by atoms with van der Waals surface area (Å²) in [6.45, 7) is 2.84. The van der Waals surface area contributed by atoms with Crippen molar-refractivity contribution in [3.8, 4) is 0 Å². The van der Waals surface area contributed by atoms with Crippen LogP contribution >= 0.6 is 0 Å². The summed E-state index contributed by atoms with van der Waals surface area (Å²) < 4.78 is 6.48. The van der Waals surface area contributed by atoms with Crippen molar-refractivity contribution in [3.05, 3.63) is 28.0 Å². The third-order valence-electron chi connectivity index (χ3n) is 2.89. The first-order valence-electron chi connectivity index (χ1n) is 5.81. The molecule has 8 heteroatoms. The molecule has 0 aliphatic heterocycles. The Morgan fingerprint density at radius 3 is 2.75 bits per heavy atom. The fourth-order valence-electron chi connectivity index (χ4n) is 1.79. The number of rotatable bonds is 3. The zero-order chi connectivity index (χ0) is 15.0. The molecule has 0 aliphatic carbocycles. The fraction of sp³-hybridized carbons (Fsp3) is 0.333. The number of nitrogens with zero attached hydrogens (tertiary/aromatic N) is 2. The zero-order valence-electron chi connectivity index (χ0n) is 11.1. The van der Waals surface area contributed by atoms with E-state index in [2.05, 4.69) is 10.3 Å². The monoisotopic (exact) mass is 279 g/mol. The van der Waals surface area contributed by atoms with Crippen LogP contribution in [0.4, 0.5) is 0 Å². The van der Waals surface area contributed by atoms with Crippen LogP contribution in [0.5, 0.6) is 0 Å². The highest BCUT2D eigenvalue weighted by Crippen LogP contribution is 2.20. The van der Waals surface area contributed by atoms with Gasteiger partial charge >= 0.3 is 5.97 Å². The van der Waals surface area contributed by atoms with E-state index >= 15 is 0 Å². The molecule has 2 N–H and O–H groups in total. The van der Waals surface area contributed by atoms with Crippen LogP contribution in [0.2, 0.25) is 0 Å². The lowest BCUT2D eigenvalue weighted by Gasteiger charge is -2.08. The summed E-state index contributed by atoms with van der Waals surface area (Å²) in [5, 5.41) is 11.1. The minimum Gasteiger partial charge on any atom is -0.480 e. The number of carbonyl (C=O) groups is 2. The molecule has 0 spiro atoms. The molecule has 0 saturated heterocycles. The van der Waals surface area contributed by atoms with E-state index in [1.807, 2.05) is 0 Å². The Morgan fingerprint density at radius 2 is 2.15 bits per heavy atom. The van der Waals surface area contributed by atoms with Crippen LogP contribution in [0.3, 0.4) is 0 Å². The van der Waals surface area contributed by atoms with Crippen LogP contribution in [0, 0.1) is 6.92 Å². The Labute approximate surface area is 113 Å². The Bertz CT molecular complexity index is 758. The number of hydrogen-bond acceptors (Lipinski definition) is 5. The predicted octanol–water partition coefficient (Wildman–Crippen LogP) is 0.0378. The molecule has 0 saturated carbocycles. The molecule has 0 fully saturated rings. The first kappa shape index (κ1) is 13.8. The van der Waals surface area contributed by atoms with Crippen LogP contribution in [0.15, 0.2) is 15.5 Å². The molecule has 2 heterocycles. The van der Waals surface area contributed by atoms with E-state index in [-0.39, 0.29) is 22.4 Å². The Morgan fingerprint density at radius 1 is 1.50 bits per heavy atom. The number of furan rings is 1. The molecule has 0 unspecified atom stereocenters. The summed E-state index contributed by atoms with van der Waals surface area (Å²) in [5.41, 5.74) is -0.361. The van der Waals surface area contributed by atoms with Crippen molar-refractivity contribution in [2.45, 2.75) is 19.9 Å². The van der Waals surface area contributed by atoms with Crippen molar-refractivity contribution in [1.82, 2.24) is 14.9 Å².